The normalized spacial score (nSPS) is 14.8. The molecular formula is C22H25ClN4O3. The van der Waals surface area contributed by atoms with Crippen molar-refractivity contribution in [3.8, 4) is 0 Å². The van der Waals surface area contributed by atoms with Gasteiger partial charge in [0.25, 0.3) is 5.91 Å². The van der Waals surface area contributed by atoms with E-state index in [9.17, 15) is 14.4 Å². The highest BCUT2D eigenvalue weighted by molar-refractivity contribution is 6.31. The van der Waals surface area contributed by atoms with Gasteiger partial charge in [-0.1, -0.05) is 35.9 Å². The van der Waals surface area contributed by atoms with Crippen molar-refractivity contribution < 1.29 is 14.4 Å². The summed E-state index contributed by atoms with van der Waals surface area (Å²) in [5, 5.41) is 6.16. The Kier molecular flexibility index (Phi) is 6.95. The van der Waals surface area contributed by atoms with E-state index in [0.29, 0.717) is 42.5 Å². The Hall–Kier alpha value is -3.06. The van der Waals surface area contributed by atoms with Gasteiger partial charge < -0.3 is 20.4 Å². The molecule has 0 bridgehead atoms. The van der Waals surface area contributed by atoms with E-state index in [1.807, 2.05) is 19.1 Å². The Bertz CT molecular complexity index is 927. The number of nitrogens with zero attached hydrogens (tertiary/aromatic N) is 2. The molecule has 7 nitrogen and oxygen atoms in total. The molecule has 4 amide bonds. The fourth-order valence-corrected chi connectivity index (χ4v) is 3.39. The molecule has 1 fully saturated rings. The molecule has 158 valence electrons. The number of amides is 4. The molecule has 1 aliphatic rings. The fourth-order valence-electron chi connectivity index (χ4n) is 3.21. The van der Waals surface area contributed by atoms with Crippen molar-refractivity contribution in [3.63, 3.8) is 0 Å². The largest absolute Gasteiger partial charge is 0.341 e. The Morgan fingerprint density at radius 3 is 2.23 bits per heavy atom. The number of halogens is 1. The van der Waals surface area contributed by atoms with E-state index in [1.54, 1.807) is 53.1 Å². The zero-order chi connectivity index (χ0) is 21.7. The van der Waals surface area contributed by atoms with Gasteiger partial charge in [0.15, 0.2) is 0 Å². The number of carbonyl (C=O) groups is 3. The van der Waals surface area contributed by atoms with Gasteiger partial charge >= 0.3 is 6.03 Å². The van der Waals surface area contributed by atoms with Crippen LogP contribution < -0.4 is 10.6 Å². The zero-order valence-corrected chi connectivity index (χ0v) is 17.8. The van der Waals surface area contributed by atoms with E-state index in [0.717, 1.165) is 5.56 Å². The standard InChI is InChI=1S/C22H25ClN4O3/c1-15-8-9-18(14-19(15)23)25-22(30)27-12-10-26(11-13-27)21(29)16(2)24-20(28)17-6-4-3-5-7-17/h3-9,14,16H,10-13H2,1-2H3,(H,24,28)(H,25,30). The molecule has 0 saturated carbocycles. The molecular weight excluding hydrogens is 404 g/mol. The van der Waals surface area contributed by atoms with Crippen molar-refractivity contribution in [3.05, 3.63) is 64.7 Å². The maximum atomic E-state index is 12.7. The minimum atomic E-state index is -0.646. The molecule has 8 heteroatoms. The molecule has 1 heterocycles. The predicted octanol–water partition coefficient (Wildman–Crippen LogP) is 3.14. The van der Waals surface area contributed by atoms with Gasteiger partial charge in [0.2, 0.25) is 5.91 Å². The molecule has 3 rings (SSSR count). The molecule has 0 aliphatic carbocycles. The van der Waals surface area contributed by atoms with Gasteiger partial charge in [0.1, 0.15) is 6.04 Å². The summed E-state index contributed by atoms with van der Waals surface area (Å²) in [6.45, 7) is 5.21. The Morgan fingerprint density at radius 2 is 1.60 bits per heavy atom. The van der Waals surface area contributed by atoms with Gasteiger partial charge in [-0.05, 0) is 43.7 Å². The van der Waals surface area contributed by atoms with Crippen LogP contribution >= 0.6 is 11.6 Å². The number of piperazine rings is 1. The SMILES string of the molecule is Cc1ccc(NC(=O)N2CCN(C(=O)C(C)NC(=O)c3ccccc3)CC2)cc1Cl. The molecule has 1 aliphatic heterocycles. The average molecular weight is 429 g/mol. The van der Waals surface area contributed by atoms with E-state index in [1.165, 1.54) is 0 Å². The van der Waals surface area contributed by atoms with Gasteiger partial charge in [0, 0.05) is 42.5 Å². The van der Waals surface area contributed by atoms with Crippen molar-refractivity contribution >= 4 is 35.1 Å². The maximum absolute atomic E-state index is 12.7. The molecule has 0 spiro atoms. The minimum Gasteiger partial charge on any atom is -0.341 e. The molecule has 1 saturated heterocycles. The monoisotopic (exact) mass is 428 g/mol. The maximum Gasteiger partial charge on any atom is 0.321 e. The summed E-state index contributed by atoms with van der Waals surface area (Å²) in [6.07, 6.45) is 0. The number of hydrogen-bond donors (Lipinski definition) is 2. The van der Waals surface area contributed by atoms with Gasteiger partial charge in [0.05, 0.1) is 0 Å². The van der Waals surface area contributed by atoms with Crippen LogP contribution in [0.4, 0.5) is 10.5 Å². The third-order valence-electron chi connectivity index (χ3n) is 5.06. The number of nitrogens with one attached hydrogen (secondary N) is 2. The Morgan fingerprint density at radius 1 is 0.967 bits per heavy atom. The minimum absolute atomic E-state index is 0.162. The van der Waals surface area contributed by atoms with E-state index in [4.69, 9.17) is 11.6 Å². The van der Waals surface area contributed by atoms with Crippen LogP contribution in [-0.2, 0) is 4.79 Å². The van der Waals surface area contributed by atoms with Crippen LogP contribution in [0.2, 0.25) is 5.02 Å². The summed E-state index contributed by atoms with van der Waals surface area (Å²) in [5.41, 5.74) is 2.08. The van der Waals surface area contributed by atoms with Crippen molar-refractivity contribution in [2.45, 2.75) is 19.9 Å². The number of aryl methyl sites for hydroxylation is 1. The van der Waals surface area contributed by atoms with Gasteiger partial charge in [-0.25, -0.2) is 4.79 Å². The fraction of sp³-hybridized carbons (Fsp3) is 0.318. The number of carbonyl (C=O) groups excluding carboxylic acids is 3. The van der Waals surface area contributed by atoms with Gasteiger partial charge in [-0.3, -0.25) is 9.59 Å². The summed E-state index contributed by atoms with van der Waals surface area (Å²) < 4.78 is 0. The highest BCUT2D eigenvalue weighted by Crippen LogP contribution is 2.20. The second-order valence-electron chi connectivity index (χ2n) is 7.27. The molecule has 0 aromatic heterocycles. The van der Waals surface area contributed by atoms with Crippen LogP contribution in [0.15, 0.2) is 48.5 Å². The average Bonchev–Trinajstić information content (AvgIpc) is 2.76. The number of urea groups is 1. The van der Waals surface area contributed by atoms with Gasteiger partial charge in [-0.2, -0.15) is 0 Å². The zero-order valence-electron chi connectivity index (χ0n) is 17.0. The molecule has 1 unspecified atom stereocenters. The summed E-state index contributed by atoms with van der Waals surface area (Å²) in [6, 6.07) is 13.3. The number of hydrogen-bond acceptors (Lipinski definition) is 3. The van der Waals surface area contributed by atoms with Gasteiger partial charge in [-0.15, -0.1) is 0 Å². The van der Waals surface area contributed by atoms with Crippen LogP contribution in [-0.4, -0.2) is 59.9 Å². The second-order valence-corrected chi connectivity index (χ2v) is 7.67. The smallest absolute Gasteiger partial charge is 0.321 e. The lowest BCUT2D eigenvalue weighted by atomic mass is 10.2. The molecule has 30 heavy (non-hydrogen) atoms. The number of rotatable bonds is 4. The highest BCUT2D eigenvalue weighted by atomic mass is 35.5. The van der Waals surface area contributed by atoms with Crippen LogP contribution in [0, 0.1) is 6.92 Å². The molecule has 2 N–H and O–H groups in total. The van der Waals surface area contributed by atoms with Crippen LogP contribution in [0.5, 0.6) is 0 Å². The predicted molar refractivity (Wildman–Crippen MR) is 117 cm³/mol. The van der Waals surface area contributed by atoms with E-state index >= 15 is 0 Å². The first-order valence-electron chi connectivity index (χ1n) is 9.82. The summed E-state index contributed by atoms with van der Waals surface area (Å²) >= 11 is 6.10. The third-order valence-corrected chi connectivity index (χ3v) is 5.46. The third kappa shape index (κ3) is 5.30. The molecule has 0 radical (unpaired) electrons. The number of benzene rings is 2. The van der Waals surface area contributed by atoms with E-state index < -0.39 is 6.04 Å². The van der Waals surface area contributed by atoms with Crippen molar-refractivity contribution in [2.75, 3.05) is 31.5 Å². The van der Waals surface area contributed by atoms with Crippen molar-refractivity contribution in [2.24, 2.45) is 0 Å². The lowest BCUT2D eigenvalue weighted by molar-refractivity contribution is -0.134. The highest BCUT2D eigenvalue weighted by Gasteiger charge is 2.28. The van der Waals surface area contributed by atoms with Crippen molar-refractivity contribution in [1.29, 1.82) is 0 Å². The lowest BCUT2D eigenvalue weighted by Gasteiger charge is -2.36. The first-order valence-corrected chi connectivity index (χ1v) is 10.2. The quantitative estimate of drug-likeness (QED) is 0.784. The van der Waals surface area contributed by atoms with Crippen LogP contribution in [0.1, 0.15) is 22.8 Å². The van der Waals surface area contributed by atoms with E-state index in [2.05, 4.69) is 10.6 Å². The number of anilines is 1. The summed E-state index contributed by atoms with van der Waals surface area (Å²) in [4.78, 5) is 40.7. The summed E-state index contributed by atoms with van der Waals surface area (Å²) in [5.74, 6) is -0.448. The van der Waals surface area contributed by atoms with Crippen LogP contribution in [0.25, 0.3) is 0 Å². The lowest BCUT2D eigenvalue weighted by Crippen LogP contribution is -2.55. The van der Waals surface area contributed by atoms with Crippen LogP contribution in [0.3, 0.4) is 0 Å². The summed E-state index contributed by atoms with van der Waals surface area (Å²) in [7, 11) is 0. The topological polar surface area (TPSA) is 81.8 Å². The molecule has 2 aromatic rings. The Labute approximate surface area is 181 Å². The Balaban J connectivity index is 1.49. The second kappa shape index (κ2) is 9.63. The first-order chi connectivity index (χ1) is 14.3. The molecule has 2 aromatic carbocycles. The first kappa shape index (κ1) is 21.6. The van der Waals surface area contributed by atoms with E-state index in [-0.39, 0.29) is 17.8 Å². The molecule has 1 atom stereocenters. The van der Waals surface area contributed by atoms with Crippen molar-refractivity contribution in [1.82, 2.24) is 15.1 Å².